The van der Waals surface area contributed by atoms with Crippen molar-refractivity contribution in [2.75, 3.05) is 55.2 Å². The zero-order valence-electron chi connectivity index (χ0n) is 28.3. The van der Waals surface area contributed by atoms with Gasteiger partial charge in [0, 0.05) is 38.2 Å². The highest BCUT2D eigenvalue weighted by atomic mass is 16.7. The maximum Gasteiger partial charge on any atom is 0.311 e. The van der Waals surface area contributed by atoms with Crippen LogP contribution in [0.2, 0.25) is 0 Å². The normalized spacial score (nSPS) is 23.9. The molecule has 1 aromatic carbocycles. The van der Waals surface area contributed by atoms with E-state index >= 15 is 0 Å². The number of benzene rings is 1. The summed E-state index contributed by atoms with van der Waals surface area (Å²) in [6.45, 7) is 13.4. The average molecular weight is 627 g/mol. The lowest BCUT2D eigenvalue weighted by molar-refractivity contribution is -0.311. The number of carbonyl (C=O) groups excluding carboxylic acids is 1. The summed E-state index contributed by atoms with van der Waals surface area (Å²) in [6, 6.07) is 5.47. The molecule has 0 spiro atoms. The maximum absolute atomic E-state index is 12.7. The summed E-state index contributed by atoms with van der Waals surface area (Å²) >= 11 is 0. The van der Waals surface area contributed by atoms with Gasteiger partial charge >= 0.3 is 5.97 Å². The van der Waals surface area contributed by atoms with Crippen molar-refractivity contribution in [3.05, 3.63) is 35.4 Å². The molecule has 0 aliphatic carbocycles. The fourth-order valence-electron chi connectivity index (χ4n) is 5.31. The van der Waals surface area contributed by atoms with Gasteiger partial charge in [-0.25, -0.2) is 0 Å². The van der Waals surface area contributed by atoms with Crippen molar-refractivity contribution in [3.8, 4) is 11.5 Å². The summed E-state index contributed by atoms with van der Waals surface area (Å²) in [5.41, 5.74) is 0.975. The second-order valence-electron chi connectivity index (χ2n) is 12.4. The Hall–Kier alpha value is -2.25. The largest absolute Gasteiger partial charge is 0.493 e. The average Bonchev–Trinajstić information content (AvgIpc) is 3.00. The Kier molecular flexibility index (Phi) is 15.5. The van der Waals surface area contributed by atoms with Crippen LogP contribution in [0.25, 0.3) is 0 Å². The molecule has 0 saturated carbocycles. The van der Waals surface area contributed by atoms with Crippen LogP contribution in [-0.2, 0) is 38.0 Å². The topological polar surface area (TPSA) is 120 Å². The van der Waals surface area contributed by atoms with E-state index in [9.17, 15) is 9.90 Å². The third-order valence-electron chi connectivity index (χ3n) is 7.68. The minimum Gasteiger partial charge on any atom is -0.493 e. The zero-order valence-corrected chi connectivity index (χ0v) is 28.3. The fourth-order valence-corrected chi connectivity index (χ4v) is 5.31. The summed E-state index contributed by atoms with van der Waals surface area (Å²) in [6.07, 6.45) is -0.852. The fraction of sp³-hybridized carbons (Fsp3) is 0.727. The third-order valence-corrected chi connectivity index (χ3v) is 7.68. The van der Waals surface area contributed by atoms with Gasteiger partial charge in [-0.1, -0.05) is 32.9 Å². The molecule has 1 aliphatic heterocycles. The Morgan fingerprint density at radius 1 is 0.977 bits per heavy atom. The minimum absolute atomic E-state index is 0.0160. The molecule has 0 unspecified atom stereocenters. The molecule has 2 rings (SSSR count). The first-order valence-corrected chi connectivity index (χ1v) is 15.0. The SMILES string of the molecule is COCO[C@@H](COC(=O)C(C)(C)C)[C@H]1O[C@@H](c2ccc(OC)c(OC)c2)O[C@@H]([C@H](C)[C@H](OCOC)/C(C)=C/[C@H](C)CO)[C@H]1C. The standard InChI is InChI=1S/C33H54O11/c1-20(16-34)14-21(2)28(42-19-37-9)22(3)29-23(4)30(27(41-18-36-8)17-40-32(35)33(5,6)7)44-31(43-29)24-12-13-25(38-10)26(15-24)39-11/h12-15,20,22-23,27-31,34H,16-19H2,1-11H3/b21-14+/t20-,22+,23+,27-,28+,29-,30-,31-/m0/s1. The first kappa shape index (κ1) is 37.9. The molecule has 0 aromatic heterocycles. The highest BCUT2D eigenvalue weighted by molar-refractivity contribution is 5.75. The van der Waals surface area contributed by atoms with Crippen molar-refractivity contribution in [3.63, 3.8) is 0 Å². The molecule has 1 aromatic rings. The van der Waals surface area contributed by atoms with Gasteiger partial charge in [-0.05, 0) is 51.3 Å². The molecule has 11 nitrogen and oxygen atoms in total. The molecule has 1 aliphatic rings. The smallest absolute Gasteiger partial charge is 0.311 e. The Morgan fingerprint density at radius 3 is 2.16 bits per heavy atom. The van der Waals surface area contributed by atoms with Crippen LogP contribution in [0, 0.1) is 23.2 Å². The quantitative estimate of drug-likeness (QED) is 0.144. The van der Waals surface area contributed by atoms with Gasteiger partial charge in [-0.15, -0.1) is 0 Å². The van der Waals surface area contributed by atoms with Crippen LogP contribution in [-0.4, -0.2) is 90.7 Å². The first-order valence-electron chi connectivity index (χ1n) is 15.0. The van der Waals surface area contributed by atoms with Crippen LogP contribution in [0.3, 0.4) is 0 Å². The maximum atomic E-state index is 12.7. The lowest BCUT2D eigenvalue weighted by atomic mass is 9.81. The third kappa shape index (κ3) is 10.4. The van der Waals surface area contributed by atoms with Gasteiger partial charge in [0.05, 0.1) is 37.9 Å². The summed E-state index contributed by atoms with van der Waals surface area (Å²) in [4.78, 5) is 12.7. The number of esters is 1. The van der Waals surface area contributed by atoms with E-state index in [1.807, 2.05) is 39.0 Å². The lowest BCUT2D eigenvalue weighted by Crippen LogP contribution is -2.53. The minimum atomic E-state index is -0.820. The van der Waals surface area contributed by atoms with Gasteiger partial charge in [0.1, 0.15) is 26.3 Å². The highest BCUT2D eigenvalue weighted by Crippen LogP contribution is 2.42. The number of ether oxygens (including phenoxy) is 9. The van der Waals surface area contributed by atoms with E-state index in [4.69, 9.17) is 42.6 Å². The molecule has 1 saturated heterocycles. The number of hydrogen-bond acceptors (Lipinski definition) is 11. The summed E-state index contributed by atoms with van der Waals surface area (Å²) in [5, 5.41) is 9.69. The van der Waals surface area contributed by atoms with E-state index in [0.29, 0.717) is 17.1 Å². The van der Waals surface area contributed by atoms with Gasteiger partial charge in [0.25, 0.3) is 0 Å². The monoisotopic (exact) mass is 626 g/mol. The number of hydrogen-bond donors (Lipinski definition) is 1. The predicted molar refractivity (Wildman–Crippen MR) is 164 cm³/mol. The summed E-state index contributed by atoms with van der Waals surface area (Å²) < 4.78 is 52.8. The van der Waals surface area contributed by atoms with Gasteiger partial charge in [-0.2, -0.15) is 0 Å². The molecular formula is C33H54O11. The van der Waals surface area contributed by atoms with Crippen LogP contribution in [0.15, 0.2) is 29.8 Å². The molecule has 44 heavy (non-hydrogen) atoms. The molecule has 0 radical (unpaired) electrons. The van der Waals surface area contributed by atoms with E-state index in [1.54, 1.807) is 48.2 Å². The molecule has 0 amide bonds. The highest BCUT2D eigenvalue weighted by Gasteiger charge is 2.46. The van der Waals surface area contributed by atoms with Crippen molar-refractivity contribution in [1.29, 1.82) is 0 Å². The van der Waals surface area contributed by atoms with E-state index in [1.165, 1.54) is 7.11 Å². The van der Waals surface area contributed by atoms with E-state index in [2.05, 4.69) is 6.92 Å². The Bertz CT molecular complexity index is 1040. The number of rotatable bonds is 17. The summed E-state index contributed by atoms with van der Waals surface area (Å²) in [7, 11) is 6.25. The number of aliphatic hydroxyl groups is 1. The van der Waals surface area contributed by atoms with Gasteiger partial charge in [0.15, 0.2) is 17.8 Å². The van der Waals surface area contributed by atoms with Crippen LogP contribution in [0.4, 0.5) is 0 Å². The Labute approximate surface area is 263 Å². The molecule has 1 N–H and O–H groups in total. The van der Waals surface area contributed by atoms with Crippen molar-refractivity contribution in [2.24, 2.45) is 23.2 Å². The predicted octanol–water partition coefficient (Wildman–Crippen LogP) is 4.90. The molecular weight excluding hydrogens is 572 g/mol. The molecule has 1 fully saturated rings. The number of aliphatic hydroxyl groups excluding tert-OH is 1. The van der Waals surface area contributed by atoms with Gasteiger partial charge in [0.2, 0.25) is 0 Å². The number of carbonyl (C=O) groups is 1. The van der Waals surface area contributed by atoms with Crippen molar-refractivity contribution < 1.29 is 52.5 Å². The van der Waals surface area contributed by atoms with Crippen LogP contribution < -0.4 is 9.47 Å². The second kappa shape index (κ2) is 18.0. The van der Waals surface area contributed by atoms with E-state index < -0.39 is 36.1 Å². The van der Waals surface area contributed by atoms with E-state index in [0.717, 1.165) is 5.57 Å². The van der Waals surface area contributed by atoms with Gasteiger partial charge < -0.3 is 47.7 Å². The first-order chi connectivity index (χ1) is 20.8. The second-order valence-corrected chi connectivity index (χ2v) is 12.4. The van der Waals surface area contributed by atoms with Crippen LogP contribution in [0.5, 0.6) is 11.5 Å². The summed E-state index contributed by atoms with van der Waals surface area (Å²) in [5.74, 6) is 0.257. The molecule has 8 atom stereocenters. The lowest BCUT2D eigenvalue weighted by Gasteiger charge is -2.46. The number of methoxy groups -OCH3 is 4. The van der Waals surface area contributed by atoms with Crippen LogP contribution >= 0.6 is 0 Å². The Balaban J connectivity index is 2.57. The van der Waals surface area contributed by atoms with E-state index in [-0.39, 0.29) is 50.5 Å². The van der Waals surface area contributed by atoms with Gasteiger partial charge in [-0.3, -0.25) is 4.79 Å². The van der Waals surface area contributed by atoms with Crippen molar-refractivity contribution >= 4 is 5.97 Å². The molecule has 252 valence electrons. The van der Waals surface area contributed by atoms with Crippen molar-refractivity contribution in [2.45, 2.75) is 79.2 Å². The van der Waals surface area contributed by atoms with Crippen molar-refractivity contribution in [1.82, 2.24) is 0 Å². The van der Waals surface area contributed by atoms with Crippen LogP contribution in [0.1, 0.15) is 60.3 Å². The zero-order chi connectivity index (χ0) is 33.0. The Morgan fingerprint density at radius 2 is 1.59 bits per heavy atom. The molecule has 0 bridgehead atoms. The molecule has 11 heteroatoms. The molecule has 1 heterocycles.